The third-order valence-corrected chi connectivity index (χ3v) is 5.97. The molecule has 3 aromatic carbocycles. The average molecular weight is 379 g/mol. The van der Waals surface area contributed by atoms with Crippen LogP contribution in [-0.4, -0.2) is 9.55 Å². The van der Waals surface area contributed by atoms with E-state index in [4.69, 9.17) is 4.98 Å². The number of fused-ring (bicyclic) bond motifs is 1. The second kappa shape index (κ2) is 8.08. The number of benzene rings is 3. The van der Waals surface area contributed by atoms with E-state index in [0.29, 0.717) is 6.04 Å². The maximum absolute atomic E-state index is 5.03. The minimum absolute atomic E-state index is 0.559. The Balaban J connectivity index is 1.49. The topological polar surface area (TPSA) is 17.8 Å². The van der Waals surface area contributed by atoms with Crippen molar-refractivity contribution in [1.82, 2.24) is 9.55 Å². The van der Waals surface area contributed by atoms with E-state index >= 15 is 0 Å². The summed E-state index contributed by atoms with van der Waals surface area (Å²) in [6.07, 6.45) is 10.8. The summed E-state index contributed by atoms with van der Waals surface area (Å²) in [6, 6.07) is 28.4. The van der Waals surface area contributed by atoms with Crippen LogP contribution in [0, 0.1) is 0 Å². The summed E-state index contributed by atoms with van der Waals surface area (Å²) >= 11 is 0. The minimum Gasteiger partial charge on any atom is -0.321 e. The molecule has 0 radical (unpaired) electrons. The highest BCUT2D eigenvalue weighted by atomic mass is 15.1. The molecule has 2 nitrogen and oxygen atoms in total. The zero-order chi connectivity index (χ0) is 19.5. The van der Waals surface area contributed by atoms with Crippen LogP contribution >= 0.6 is 0 Å². The van der Waals surface area contributed by atoms with Crippen LogP contribution in [0.3, 0.4) is 0 Å². The molecule has 0 aliphatic heterocycles. The van der Waals surface area contributed by atoms with Gasteiger partial charge in [0.2, 0.25) is 0 Å². The van der Waals surface area contributed by atoms with Crippen molar-refractivity contribution in [3.63, 3.8) is 0 Å². The Morgan fingerprint density at radius 3 is 2.10 bits per heavy atom. The van der Waals surface area contributed by atoms with E-state index in [0.717, 1.165) is 11.3 Å². The summed E-state index contributed by atoms with van der Waals surface area (Å²) in [4.78, 5) is 5.03. The monoisotopic (exact) mass is 378 g/mol. The quantitative estimate of drug-likeness (QED) is 0.339. The van der Waals surface area contributed by atoms with Gasteiger partial charge in [-0.25, -0.2) is 4.98 Å². The summed E-state index contributed by atoms with van der Waals surface area (Å²) < 4.78 is 2.50. The van der Waals surface area contributed by atoms with Crippen molar-refractivity contribution < 1.29 is 0 Å². The van der Waals surface area contributed by atoms with Gasteiger partial charge in [-0.05, 0) is 36.1 Å². The van der Waals surface area contributed by atoms with Crippen LogP contribution in [0.5, 0.6) is 0 Å². The first kappa shape index (κ1) is 17.9. The number of rotatable bonds is 4. The summed E-state index contributed by atoms with van der Waals surface area (Å²) in [5.41, 5.74) is 5.99. The fourth-order valence-corrected chi connectivity index (χ4v) is 4.46. The van der Waals surface area contributed by atoms with Gasteiger partial charge in [-0.3, -0.25) is 0 Å². The molecule has 29 heavy (non-hydrogen) atoms. The van der Waals surface area contributed by atoms with Gasteiger partial charge < -0.3 is 4.57 Å². The number of aromatic nitrogens is 2. The molecule has 0 saturated heterocycles. The number of hydrogen-bond donors (Lipinski definition) is 0. The molecule has 1 heterocycles. The lowest BCUT2D eigenvalue weighted by atomic mass is 9.95. The lowest BCUT2D eigenvalue weighted by molar-refractivity contribution is 0.362. The summed E-state index contributed by atoms with van der Waals surface area (Å²) in [5.74, 6) is 1.11. The highest BCUT2D eigenvalue weighted by Gasteiger charge is 2.21. The molecule has 0 amide bonds. The smallest absolute Gasteiger partial charge is 0.141 e. The second-order valence-electron chi connectivity index (χ2n) is 7.95. The molecule has 0 bridgehead atoms. The molecular weight excluding hydrogens is 352 g/mol. The van der Waals surface area contributed by atoms with Crippen LogP contribution in [0.1, 0.15) is 49.3 Å². The van der Waals surface area contributed by atoms with Crippen molar-refractivity contribution in [3.8, 4) is 11.4 Å². The van der Waals surface area contributed by atoms with Crippen molar-refractivity contribution in [3.05, 3.63) is 90.0 Å². The van der Waals surface area contributed by atoms with Gasteiger partial charge in [0.25, 0.3) is 0 Å². The van der Waals surface area contributed by atoms with Gasteiger partial charge in [-0.1, -0.05) is 98.1 Å². The molecule has 0 unspecified atom stereocenters. The van der Waals surface area contributed by atoms with Crippen LogP contribution in [0.2, 0.25) is 0 Å². The minimum atomic E-state index is 0.559. The summed E-state index contributed by atoms with van der Waals surface area (Å²) in [7, 11) is 0. The van der Waals surface area contributed by atoms with Crippen LogP contribution in [0.4, 0.5) is 0 Å². The van der Waals surface area contributed by atoms with Gasteiger partial charge in [0, 0.05) is 11.6 Å². The Morgan fingerprint density at radius 2 is 1.34 bits per heavy atom. The van der Waals surface area contributed by atoms with Crippen LogP contribution in [-0.2, 0) is 0 Å². The SMILES string of the molecule is C(=C\c1ccc(-c2nc3ccccc3n2C2CCCCC2)cc1)/c1ccccc1. The first-order chi connectivity index (χ1) is 14.4. The molecule has 1 saturated carbocycles. The van der Waals surface area contributed by atoms with Crippen molar-refractivity contribution >= 4 is 23.2 Å². The third-order valence-electron chi connectivity index (χ3n) is 5.97. The maximum Gasteiger partial charge on any atom is 0.141 e. The van der Waals surface area contributed by atoms with Crippen LogP contribution in [0.25, 0.3) is 34.6 Å². The maximum atomic E-state index is 5.03. The third kappa shape index (κ3) is 3.75. The molecule has 1 aromatic heterocycles. The van der Waals surface area contributed by atoms with Crippen molar-refractivity contribution in [2.75, 3.05) is 0 Å². The van der Waals surface area contributed by atoms with E-state index in [1.807, 2.05) is 6.07 Å². The molecule has 144 valence electrons. The average Bonchev–Trinajstić information content (AvgIpc) is 3.19. The normalized spacial score (nSPS) is 15.3. The van der Waals surface area contributed by atoms with Gasteiger partial charge in [-0.15, -0.1) is 0 Å². The molecule has 0 spiro atoms. The predicted molar refractivity (Wildman–Crippen MR) is 123 cm³/mol. The van der Waals surface area contributed by atoms with E-state index in [-0.39, 0.29) is 0 Å². The number of hydrogen-bond acceptors (Lipinski definition) is 1. The van der Waals surface area contributed by atoms with Crippen molar-refractivity contribution in [2.24, 2.45) is 0 Å². The molecule has 0 atom stereocenters. The highest BCUT2D eigenvalue weighted by molar-refractivity contribution is 5.81. The first-order valence-corrected chi connectivity index (χ1v) is 10.7. The van der Waals surface area contributed by atoms with E-state index in [2.05, 4.69) is 89.5 Å². The zero-order valence-corrected chi connectivity index (χ0v) is 16.7. The Hall–Kier alpha value is -3.13. The predicted octanol–water partition coefficient (Wildman–Crippen LogP) is 7.38. The molecule has 5 rings (SSSR count). The fraction of sp³-hybridized carbons (Fsp3) is 0.222. The molecule has 4 aromatic rings. The Morgan fingerprint density at radius 1 is 0.690 bits per heavy atom. The molecule has 1 fully saturated rings. The Bertz CT molecular complexity index is 1110. The van der Waals surface area contributed by atoms with Gasteiger partial charge >= 0.3 is 0 Å². The van der Waals surface area contributed by atoms with E-state index < -0.39 is 0 Å². The second-order valence-corrected chi connectivity index (χ2v) is 7.95. The van der Waals surface area contributed by atoms with Crippen molar-refractivity contribution in [2.45, 2.75) is 38.1 Å². The first-order valence-electron chi connectivity index (χ1n) is 10.7. The molecule has 2 heteroatoms. The number of nitrogens with zero attached hydrogens (tertiary/aromatic N) is 2. The Kier molecular flexibility index (Phi) is 5.00. The van der Waals surface area contributed by atoms with Gasteiger partial charge in [0.05, 0.1) is 11.0 Å². The van der Waals surface area contributed by atoms with E-state index in [1.54, 1.807) is 0 Å². The fourth-order valence-electron chi connectivity index (χ4n) is 4.46. The number of imidazole rings is 1. The van der Waals surface area contributed by atoms with Gasteiger partial charge in [0.15, 0.2) is 0 Å². The largest absolute Gasteiger partial charge is 0.321 e. The lowest BCUT2D eigenvalue weighted by Crippen LogP contribution is -2.13. The zero-order valence-electron chi connectivity index (χ0n) is 16.7. The molecular formula is C27H26N2. The number of para-hydroxylation sites is 2. The van der Waals surface area contributed by atoms with Crippen LogP contribution < -0.4 is 0 Å². The van der Waals surface area contributed by atoms with E-state index in [9.17, 15) is 0 Å². The standard InChI is InChI=1S/C27H26N2/c1-3-9-21(10-4-1)15-16-22-17-19-23(20-18-22)27-28-25-13-7-8-14-26(25)29(27)24-11-5-2-6-12-24/h1,3-4,7-10,13-20,24H,2,5-6,11-12H2/b16-15+. The Labute approximate surface area is 172 Å². The van der Waals surface area contributed by atoms with E-state index in [1.165, 1.54) is 54.3 Å². The van der Waals surface area contributed by atoms with Crippen LogP contribution in [0.15, 0.2) is 78.9 Å². The summed E-state index contributed by atoms with van der Waals surface area (Å²) in [6.45, 7) is 0. The van der Waals surface area contributed by atoms with Gasteiger partial charge in [-0.2, -0.15) is 0 Å². The van der Waals surface area contributed by atoms with Gasteiger partial charge in [0.1, 0.15) is 5.82 Å². The lowest BCUT2D eigenvalue weighted by Gasteiger charge is -2.25. The molecule has 1 aliphatic rings. The molecule has 0 N–H and O–H groups in total. The summed E-state index contributed by atoms with van der Waals surface area (Å²) in [5, 5.41) is 0. The highest BCUT2D eigenvalue weighted by Crippen LogP contribution is 2.35. The van der Waals surface area contributed by atoms with Crippen molar-refractivity contribution in [1.29, 1.82) is 0 Å². The molecule has 1 aliphatic carbocycles.